The predicted octanol–water partition coefficient (Wildman–Crippen LogP) is 4.39. The Morgan fingerprint density at radius 1 is 0.952 bits per heavy atom. The van der Waals surface area contributed by atoms with Crippen molar-refractivity contribution in [3.63, 3.8) is 0 Å². The van der Waals surface area contributed by atoms with Gasteiger partial charge in [0.05, 0.1) is 13.2 Å². The number of anilines is 1. The SMILES string of the molecule is Cc1cc(OCCCOc2cccc(N)c2)cc(C)c1Cl. The highest BCUT2D eigenvalue weighted by molar-refractivity contribution is 6.32. The third-order valence-electron chi connectivity index (χ3n) is 3.09. The van der Waals surface area contributed by atoms with Gasteiger partial charge in [-0.15, -0.1) is 0 Å². The minimum Gasteiger partial charge on any atom is -0.493 e. The number of hydrogen-bond acceptors (Lipinski definition) is 3. The molecule has 0 atom stereocenters. The van der Waals surface area contributed by atoms with Crippen LogP contribution in [0.4, 0.5) is 5.69 Å². The van der Waals surface area contributed by atoms with Gasteiger partial charge in [0.1, 0.15) is 11.5 Å². The summed E-state index contributed by atoms with van der Waals surface area (Å²) >= 11 is 6.13. The second-order valence-electron chi connectivity index (χ2n) is 4.99. The van der Waals surface area contributed by atoms with Crippen molar-refractivity contribution in [3.8, 4) is 11.5 Å². The van der Waals surface area contributed by atoms with Crippen molar-refractivity contribution in [3.05, 3.63) is 52.5 Å². The van der Waals surface area contributed by atoms with Gasteiger partial charge in [-0.25, -0.2) is 0 Å². The minimum atomic E-state index is 0.592. The number of hydrogen-bond donors (Lipinski definition) is 1. The number of halogens is 1. The number of benzene rings is 2. The van der Waals surface area contributed by atoms with E-state index in [4.69, 9.17) is 26.8 Å². The fourth-order valence-electron chi connectivity index (χ4n) is 2.03. The second kappa shape index (κ2) is 7.23. The summed E-state index contributed by atoms with van der Waals surface area (Å²) in [5, 5.41) is 0.798. The van der Waals surface area contributed by atoms with Crippen molar-refractivity contribution in [1.29, 1.82) is 0 Å². The van der Waals surface area contributed by atoms with Crippen LogP contribution in [0.2, 0.25) is 5.02 Å². The Kier molecular flexibility index (Phi) is 5.34. The third-order valence-corrected chi connectivity index (χ3v) is 3.69. The van der Waals surface area contributed by atoms with Crippen LogP contribution in [0.1, 0.15) is 17.5 Å². The van der Waals surface area contributed by atoms with E-state index in [1.54, 1.807) is 0 Å². The summed E-state index contributed by atoms with van der Waals surface area (Å²) < 4.78 is 11.3. The molecule has 0 aromatic heterocycles. The van der Waals surface area contributed by atoms with E-state index in [0.717, 1.165) is 34.1 Å². The van der Waals surface area contributed by atoms with Gasteiger partial charge in [0.15, 0.2) is 0 Å². The highest BCUT2D eigenvalue weighted by atomic mass is 35.5. The van der Waals surface area contributed by atoms with Crippen LogP contribution in [0.5, 0.6) is 11.5 Å². The van der Waals surface area contributed by atoms with Crippen LogP contribution in [0, 0.1) is 13.8 Å². The van der Waals surface area contributed by atoms with Gasteiger partial charge in [-0.2, -0.15) is 0 Å². The van der Waals surface area contributed by atoms with Crippen LogP contribution in [0.3, 0.4) is 0 Å². The van der Waals surface area contributed by atoms with E-state index in [-0.39, 0.29) is 0 Å². The van der Waals surface area contributed by atoms with Crippen molar-refractivity contribution in [2.45, 2.75) is 20.3 Å². The quantitative estimate of drug-likeness (QED) is 0.636. The predicted molar refractivity (Wildman–Crippen MR) is 87.4 cm³/mol. The highest BCUT2D eigenvalue weighted by Crippen LogP contribution is 2.25. The average Bonchev–Trinajstić information content (AvgIpc) is 2.44. The number of rotatable bonds is 6. The van der Waals surface area contributed by atoms with Crippen LogP contribution < -0.4 is 15.2 Å². The third kappa shape index (κ3) is 4.57. The largest absolute Gasteiger partial charge is 0.493 e. The average molecular weight is 306 g/mol. The van der Waals surface area contributed by atoms with Gasteiger partial charge in [-0.05, 0) is 49.2 Å². The Morgan fingerprint density at radius 3 is 2.19 bits per heavy atom. The van der Waals surface area contributed by atoms with E-state index in [1.807, 2.05) is 50.2 Å². The molecule has 0 saturated carbocycles. The van der Waals surface area contributed by atoms with Crippen LogP contribution in [0.25, 0.3) is 0 Å². The van der Waals surface area contributed by atoms with E-state index < -0.39 is 0 Å². The molecule has 2 N–H and O–H groups in total. The minimum absolute atomic E-state index is 0.592. The normalized spacial score (nSPS) is 10.4. The molecule has 0 unspecified atom stereocenters. The van der Waals surface area contributed by atoms with E-state index in [9.17, 15) is 0 Å². The first kappa shape index (κ1) is 15.5. The van der Waals surface area contributed by atoms with Gasteiger partial charge in [-0.1, -0.05) is 17.7 Å². The zero-order chi connectivity index (χ0) is 15.2. The number of aryl methyl sites for hydroxylation is 2. The summed E-state index contributed by atoms with van der Waals surface area (Å²) in [4.78, 5) is 0. The van der Waals surface area contributed by atoms with Crippen LogP contribution in [-0.2, 0) is 0 Å². The second-order valence-corrected chi connectivity index (χ2v) is 5.37. The molecule has 2 rings (SSSR count). The van der Waals surface area contributed by atoms with Crippen molar-refractivity contribution in [1.82, 2.24) is 0 Å². The van der Waals surface area contributed by atoms with E-state index in [1.165, 1.54) is 0 Å². The first-order chi connectivity index (χ1) is 10.1. The van der Waals surface area contributed by atoms with Gasteiger partial charge in [-0.3, -0.25) is 0 Å². The molecule has 0 saturated heterocycles. The molecule has 0 bridgehead atoms. The fourth-order valence-corrected chi connectivity index (χ4v) is 2.14. The molecule has 112 valence electrons. The zero-order valence-electron chi connectivity index (χ0n) is 12.4. The lowest BCUT2D eigenvalue weighted by Crippen LogP contribution is -2.05. The maximum Gasteiger partial charge on any atom is 0.121 e. The number of nitrogens with two attached hydrogens (primary N) is 1. The van der Waals surface area contributed by atoms with Crippen molar-refractivity contribution in [2.24, 2.45) is 0 Å². The molecular formula is C17H20ClNO2. The van der Waals surface area contributed by atoms with Crippen LogP contribution >= 0.6 is 11.6 Å². The molecule has 4 heteroatoms. The maximum absolute atomic E-state index is 6.13. The Bertz CT molecular complexity index is 590. The molecule has 21 heavy (non-hydrogen) atoms. The molecule has 0 heterocycles. The molecule has 2 aromatic rings. The molecule has 0 amide bonds. The molecule has 0 aliphatic rings. The number of nitrogen functional groups attached to an aromatic ring is 1. The zero-order valence-corrected chi connectivity index (χ0v) is 13.1. The van der Waals surface area contributed by atoms with E-state index in [0.29, 0.717) is 18.9 Å². The molecule has 0 radical (unpaired) electrons. The standard InChI is InChI=1S/C17H20ClNO2/c1-12-9-16(10-13(2)17(12)18)21-8-4-7-20-15-6-3-5-14(19)11-15/h3,5-6,9-11H,4,7-8,19H2,1-2H3. The van der Waals surface area contributed by atoms with E-state index in [2.05, 4.69) is 0 Å². The Labute approximate surface area is 130 Å². The smallest absolute Gasteiger partial charge is 0.121 e. The summed E-state index contributed by atoms with van der Waals surface area (Å²) in [5.41, 5.74) is 8.46. The summed E-state index contributed by atoms with van der Waals surface area (Å²) in [7, 11) is 0. The highest BCUT2D eigenvalue weighted by Gasteiger charge is 2.03. The summed E-state index contributed by atoms with van der Waals surface area (Å²) in [6.07, 6.45) is 0.801. The first-order valence-corrected chi connectivity index (χ1v) is 7.32. The maximum atomic E-state index is 6.13. The Morgan fingerprint density at radius 2 is 1.57 bits per heavy atom. The number of ether oxygens (including phenoxy) is 2. The van der Waals surface area contributed by atoms with Gasteiger partial charge in [0, 0.05) is 23.2 Å². The lowest BCUT2D eigenvalue weighted by molar-refractivity contribution is 0.247. The monoisotopic (exact) mass is 305 g/mol. The molecular weight excluding hydrogens is 286 g/mol. The lowest BCUT2D eigenvalue weighted by Gasteiger charge is -2.10. The molecule has 3 nitrogen and oxygen atoms in total. The van der Waals surface area contributed by atoms with Gasteiger partial charge < -0.3 is 15.2 Å². The topological polar surface area (TPSA) is 44.5 Å². The molecule has 0 spiro atoms. The van der Waals surface area contributed by atoms with Crippen LogP contribution in [-0.4, -0.2) is 13.2 Å². The first-order valence-electron chi connectivity index (χ1n) is 6.94. The fraction of sp³-hybridized carbons (Fsp3) is 0.294. The molecule has 0 aliphatic heterocycles. The summed E-state index contributed by atoms with van der Waals surface area (Å²) in [6.45, 7) is 5.15. The molecule has 0 fully saturated rings. The van der Waals surface area contributed by atoms with Crippen molar-refractivity contribution in [2.75, 3.05) is 18.9 Å². The molecule has 0 aliphatic carbocycles. The van der Waals surface area contributed by atoms with Gasteiger partial charge in [0.2, 0.25) is 0 Å². The van der Waals surface area contributed by atoms with Gasteiger partial charge >= 0.3 is 0 Å². The summed E-state index contributed by atoms with van der Waals surface area (Å²) in [6, 6.07) is 11.3. The Balaban J connectivity index is 1.75. The van der Waals surface area contributed by atoms with Crippen molar-refractivity contribution < 1.29 is 9.47 Å². The van der Waals surface area contributed by atoms with Crippen LogP contribution in [0.15, 0.2) is 36.4 Å². The Hall–Kier alpha value is -1.87. The molecule has 2 aromatic carbocycles. The summed E-state index contributed by atoms with van der Waals surface area (Å²) in [5.74, 6) is 1.63. The lowest BCUT2D eigenvalue weighted by atomic mass is 10.1. The van der Waals surface area contributed by atoms with Crippen molar-refractivity contribution >= 4 is 17.3 Å². The van der Waals surface area contributed by atoms with E-state index >= 15 is 0 Å². The van der Waals surface area contributed by atoms with Gasteiger partial charge in [0.25, 0.3) is 0 Å².